The predicted molar refractivity (Wildman–Crippen MR) is 119 cm³/mol. The summed E-state index contributed by atoms with van der Waals surface area (Å²) in [6.45, 7) is 1.93. The number of benzene rings is 2. The molecule has 0 radical (unpaired) electrons. The second-order valence-electron chi connectivity index (χ2n) is 7.40. The van der Waals surface area contributed by atoms with Gasteiger partial charge in [-0.15, -0.1) is 10.2 Å². The summed E-state index contributed by atoms with van der Waals surface area (Å²) in [7, 11) is 1.56. The first kappa shape index (κ1) is 19.8. The summed E-state index contributed by atoms with van der Waals surface area (Å²) in [6, 6.07) is 18.2. The lowest BCUT2D eigenvalue weighted by atomic mass is 10.0. The van der Waals surface area contributed by atoms with Crippen LogP contribution in [0.3, 0.4) is 0 Å². The molecule has 0 aliphatic rings. The van der Waals surface area contributed by atoms with Crippen molar-refractivity contribution >= 4 is 10.9 Å². The van der Waals surface area contributed by atoms with E-state index in [2.05, 4.69) is 15.2 Å². The summed E-state index contributed by atoms with van der Waals surface area (Å²) in [6.07, 6.45) is 1.92. The lowest BCUT2D eigenvalue weighted by molar-refractivity contribution is 0.393. The monoisotopic (exact) mass is 426 g/mol. The molecule has 2 aromatic carbocycles. The molecule has 0 atom stereocenters. The van der Waals surface area contributed by atoms with Gasteiger partial charge < -0.3 is 9.15 Å². The largest absolute Gasteiger partial charge is 0.480 e. The van der Waals surface area contributed by atoms with E-state index >= 15 is 0 Å². The minimum atomic E-state index is -0.279. The SMILES string of the molecule is COc1cc2ccc(-c3nc(C)ccc3-c3cnc(Cc4ccccc4F)o3)cc2nn1. The van der Waals surface area contributed by atoms with E-state index in [0.29, 0.717) is 23.1 Å². The van der Waals surface area contributed by atoms with Crippen molar-refractivity contribution in [1.82, 2.24) is 20.2 Å². The molecule has 0 bridgehead atoms. The second kappa shape index (κ2) is 8.19. The molecule has 0 N–H and O–H groups in total. The van der Waals surface area contributed by atoms with Crippen LogP contribution in [0.2, 0.25) is 0 Å². The Morgan fingerprint density at radius 2 is 1.88 bits per heavy atom. The fraction of sp³-hybridized carbons (Fsp3) is 0.120. The molecule has 0 unspecified atom stereocenters. The van der Waals surface area contributed by atoms with Crippen LogP contribution in [0.4, 0.5) is 4.39 Å². The Morgan fingerprint density at radius 1 is 1.00 bits per heavy atom. The fourth-order valence-electron chi connectivity index (χ4n) is 3.56. The number of halogens is 1. The molecule has 0 saturated carbocycles. The molecule has 0 saturated heterocycles. The highest BCUT2D eigenvalue weighted by Gasteiger charge is 2.16. The van der Waals surface area contributed by atoms with Crippen LogP contribution in [0.5, 0.6) is 5.88 Å². The number of fused-ring (bicyclic) bond motifs is 1. The average Bonchev–Trinajstić information content (AvgIpc) is 3.28. The number of hydrogen-bond donors (Lipinski definition) is 0. The molecule has 3 heterocycles. The molecule has 7 heteroatoms. The zero-order valence-corrected chi connectivity index (χ0v) is 17.5. The van der Waals surface area contributed by atoms with Gasteiger partial charge in [-0.2, -0.15) is 0 Å². The van der Waals surface area contributed by atoms with E-state index in [1.54, 1.807) is 31.5 Å². The first-order chi connectivity index (χ1) is 15.6. The maximum atomic E-state index is 14.0. The summed E-state index contributed by atoms with van der Waals surface area (Å²) in [5.41, 5.74) is 4.56. The van der Waals surface area contributed by atoms with E-state index < -0.39 is 0 Å². The van der Waals surface area contributed by atoms with Crippen LogP contribution in [-0.4, -0.2) is 27.3 Å². The summed E-state index contributed by atoms with van der Waals surface area (Å²) < 4.78 is 25.2. The number of pyridine rings is 1. The van der Waals surface area contributed by atoms with E-state index in [9.17, 15) is 4.39 Å². The summed E-state index contributed by atoms with van der Waals surface area (Å²) >= 11 is 0. The minimum Gasteiger partial charge on any atom is -0.480 e. The quantitative estimate of drug-likeness (QED) is 0.375. The number of hydrogen-bond acceptors (Lipinski definition) is 6. The van der Waals surface area contributed by atoms with Crippen LogP contribution in [0.15, 0.2) is 71.3 Å². The van der Waals surface area contributed by atoms with Gasteiger partial charge in [0, 0.05) is 28.3 Å². The molecular weight excluding hydrogens is 407 g/mol. The molecule has 3 aromatic heterocycles. The van der Waals surface area contributed by atoms with E-state index in [1.165, 1.54) is 6.07 Å². The Morgan fingerprint density at radius 3 is 2.72 bits per heavy atom. The van der Waals surface area contributed by atoms with Crippen molar-refractivity contribution in [2.75, 3.05) is 7.11 Å². The second-order valence-corrected chi connectivity index (χ2v) is 7.40. The maximum Gasteiger partial charge on any atom is 0.233 e. The number of aromatic nitrogens is 4. The van der Waals surface area contributed by atoms with Gasteiger partial charge in [0.15, 0.2) is 11.7 Å². The van der Waals surface area contributed by atoms with Crippen LogP contribution in [0.1, 0.15) is 17.1 Å². The summed E-state index contributed by atoms with van der Waals surface area (Å²) in [5.74, 6) is 1.19. The van der Waals surface area contributed by atoms with Gasteiger partial charge in [0.1, 0.15) is 5.82 Å². The number of rotatable bonds is 5. The van der Waals surface area contributed by atoms with Gasteiger partial charge >= 0.3 is 0 Å². The minimum absolute atomic E-state index is 0.273. The maximum absolute atomic E-state index is 14.0. The Hall–Kier alpha value is -4.13. The number of ether oxygens (including phenoxy) is 1. The predicted octanol–water partition coefficient (Wildman–Crippen LogP) is 5.39. The van der Waals surface area contributed by atoms with Crippen molar-refractivity contribution in [3.05, 3.63) is 89.8 Å². The standard InChI is InChI=1S/C25H19FN4O2/c1-15-7-10-19(22-14-27-23(32-22)12-16-5-3-4-6-20(16)26)25(28-15)18-9-8-17-13-24(31-2)30-29-21(17)11-18/h3-11,13-14H,12H2,1-2H3. The Kier molecular flexibility index (Phi) is 5.07. The van der Waals surface area contributed by atoms with Gasteiger partial charge in [0.05, 0.1) is 30.9 Å². The fourth-order valence-corrected chi connectivity index (χ4v) is 3.56. The van der Waals surface area contributed by atoms with Gasteiger partial charge in [0.2, 0.25) is 5.88 Å². The first-order valence-electron chi connectivity index (χ1n) is 10.1. The number of methoxy groups -OCH3 is 1. The van der Waals surface area contributed by atoms with Crippen molar-refractivity contribution < 1.29 is 13.5 Å². The van der Waals surface area contributed by atoms with Crippen molar-refractivity contribution in [1.29, 1.82) is 0 Å². The molecule has 0 amide bonds. The lowest BCUT2D eigenvalue weighted by Gasteiger charge is -2.09. The van der Waals surface area contributed by atoms with E-state index in [4.69, 9.17) is 14.1 Å². The lowest BCUT2D eigenvalue weighted by Crippen LogP contribution is -1.94. The molecule has 0 aliphatic heterocycles. The molecular formula is C25H19FN4O2. The highest BCUT2D eigenvalue weighted by atomic mass is 19.1. The third-order valence-corrected chi connectivity index (χ3v) is 5.20. The van der Waals surface area contributed by atoms with E-state index in [0.717, 1.165) is 33.4 Å². The normalized spacial score (nSPS) is 11.1. The Labute approximate surface area is 183 Å². The molecule has 32 heavy (non-hydrogen) atoms. The molecule has 0 fully saturated rings. The van der Waals surface area contributed by atoms with Crippen molar-refractivity contribution in [2.24, 2.45) is 0 Å². The van der Waals surface area contributed by atoms with E-state index in [1.807, 2.05) is 43.3 Å². The average molecular weight is 426 g/mol. The van der Waals surface area contributed by atoms with Crippen LogP contribution < -0.4 is 4.74 Å². The highest BCUT2D eigenvalue weighted by Crippen LogP contribution is 2.33. The van der Waals surface area contributed by atoms with Gasteiger partial charge in [-0.25, -0.2) is 9.37 Å². The van der Waals surface area contributed by atoms with Crippen LogP contribution in [-0.2, 0) is 6.42 Å². The third-order valence-electron chi connectivity index (χ3n) is 5.20. The number of aryl methyl sites for hydroxylation is 1. The molecule has 0 spiro atoms. The molecule has 5 rings (SSSR count). The summed E-state index contributed by atoms with van der Waals surface area (Å²) in [5, 5.41) is 9.22. The van der Waals surface area contributed by atoms with Crippen LogP contribution >= 0.6 is 0 Å². The molecule has 5 aromatic rings. The number of oxazole rings is 1. The highest BCUT2D eigenvalue weighted by molar-refractivity contribution is 5.87. The van der Waals surface area contributed by atoms with Gasteiger partial charge in [-0.05, 0) is 36.8 Å². The Bertz CT molecular complexity index is 1430. The zero-order valence-electron chi connectivity index (χ0n) is 17.5. The first-order valence-corrected chi connectivity index (χ1v) is 10.1. The third kappa shape index (κ3) is 3.80. The Balaban J connectivity index is 1.54. The van der Waals surface area contributed by atoms with Crippen molar-refractivity contribution in [3.63, 3.8) is 0 Å². The van der Waals surface area contributed by atoms with Crippen molar-refractivity contribution in [3.8, 4) is 28.5 Å². The van der Waals surface area contributed by atoms with E-state index in [-0.39, 0.29) is 12.2 Å². The van der Waals surface area contributed by atoms with Gasteiger partial charge in [-0.1, -0.05) is 30.3 Å². The topological polar surface area (TPSA) is 73.9 Å². The molecule has 0 aliphatic carbocycles. The molecule has 158 valence electrons. The van der Waals surface area contributed by atoms with Crippen LogP contribution in [0.25, 0.3) is 33.5 Å². The number of nitrogens with zero attached hydrogens (tertiary/aromatic N) is 4. The molecule has 6 nitrogen and oxygen atoms in total. The smallest absolute Gasteiger partial charge is 0.233 e. The zero-order chi connectivity index (χ0) is 22.1. The summed E-state index contributed by atoms with van der Waals surface area (Å²) in [4.78, 5) is 9.10. The van der Waals surface area contributed by atoms with Gasteiger partial charge in [-0.3, -0.25) is 4.98 Å². The van der Waals surface area contributed by atoms with Crippen LogP contribution in [0, 0.1) is 12.7 Å². The van der Waals surface area contributed by atoms with Gasteiger partial charge in [0.25, 0.3) is 0 Å². The van der Waals surface area contributed by atoms with Crippen molar-refractivity contribution in [2.45, 2.75) is 13.3 Å².